The smallest absolute Gasteiger partial charge is 0.231 e. The van der Waals surface area contributed by atoms with Gasteiger partial charge >= 0.3 is 0 Å². The van der Waals surface area contributed by atoms with Crippen LogP contribution in [0.15, 0.2) is 107 Å². The zero-order chi connectivity index (χ0) is 26.5. The first-order valence-corrected chi connectivity index (χ1v) is 15.4. The van der Waals surface area contributed by atoms with Crippen molar-refractivity contribution >= 4 is 85.7 Å². The molecule has 0 unspecified atom stereocenters. The van der Waals surface area contributed by atoms with E-state index in [9.17, 15) is 0 Å². The Balaban J connectivity index is 1.63. The third-order valence-corrected chi connectivity index (χ3v) is 9.56. The third-order valence-electron chi connectivity index (χ3n) is 7.72. The molecule has 2 heterocycles. The SMILES string of the molecule is Brc1cc(Br)cc(C2(c3cc(Br)cc(Br)c3)c3cc4c(cc3-c3c2ccc2oc5ccccc5c32)OCO4)c1. The Hall–Kier alpha value is -2.58. The molecular formula is C32H16Br4O3. The molecule has 0 fully saturated rings. The fourth-order valence-electron chi connectivity index (χ4n) is 6.34. The van der Waals surface area contributed by atoms with E-state index in [0.29, 0.717) is 0 Å². The van der Waals surface area contributed by atoms with Gasteiger partial charge in [0.15, 0.2) is 11.5 Å². The molecule has 0 saturated heterocycles. The van der Waals surface area contributed by atoms with Crippen molar-refractivity contribution in [2.24, 2.45) is 0 Å². The summed E-state index contributed by atoms with van der Waals surface area (Å²) < 4.78 is 22.2. The number of benzene rings is 5. The molecule has 7 heteroatoms. The summed E-state index contributed by atoms with van der Waals surface area (Å²) in [6, 6.07) is 29.8. The molecule has 39 heavy (non-hydrogen) atoms. The number of hydrogen-bond acceptors (Lipinski definition) is 3. The fourth-order valence-corrected chi connectivity index (χ4v) is 8.93. The maximum absolute atomic E-state index is 6.36. The molecule has 0 atom stereocenters. The van der Waals surface area contributed by atoms with Gasteiger partial charge in [-0.05, 0) is 94.0 Å². The van der Waals surface area contributed by atoms with E-state index in [1.807, 2.05) is 12.1 Å². The first kappa shape index (κ1) is 24.2. The summed E-state index contributed by atoms with van der Waals surface area (Å²) in [5.41, 5.74) is 7.90. The lowest BCUT2D eigenvalue weighted by atomic mass is 9.67. The molecule has 3 nitrogen and oxygen atoms in total. The third kappa shape index (κ3) is 3.43. The monoisotopic (exact) mass is 764 g/mol. The molecule has 0 saturated carbocycles. The summed E-state index contributed by atoms with van der Waals surface area (Å²) >= 11 is 15.1. The van der Waals surface area contributed by atoms with E-state index in [1.165, 1.54) is 5.56 Å². The van der Waals surface area contributed by atoms with Crippen molar-refractivity contribution in [1.82, 2.24) is 0 Å². The molecule has 0 radical (unpaired) electrons. The van der Waals surface area contributed by atoms with Gasteiger partial charge < -0.3 is 13.9 Å². The molecule has 5 aromatic carbocycles. The molecule has 1 aliphatic carbocycles. The van der Waals surface area contributed by atoms with Gasteiger partial charge in [0.2, 0.25) is 6.79 Å². The highest BCUT2D eigenvalue weighted by Gasteiger charge is 2.49. The van der Waals surface area contributed by atoms with E-state index in [1.54, 1.807) is 0 Å². The van der Waals surface area contributed by atoms with Crippen molar-refractivity contribution in [3.05, 3.63) is 125 Å². The predicted molar refractivity (Wildman–Crippen MR) is 168 cm³/mol. The summed E-state index contributed by atoms with van der Waals surface area (Å²) in [5.74, 6) is 1.51. The number of fused-ring (bicyclic) bond motifs is 8. The van der Waals surface area contributed by atoms with Gasteiger partial charge in [0.1, 0.15) is 11.2 Å². The van der Waals surface area contributed by atoms with E-state index in [2.05, 4.69) is 137 Å². The van der Waals surface area contributed by atoms with Crippen LogP contribution in [0.5, 0.6) is 11.5 Å². The highest BCUT2D eigenvalue weighted by atomic mass is 79.9. The molecule has 6 aromatic rings. The van der Waals surface area contributed by atoms with E-state index in [0.717, 1.165) is 79.1 Å². The minimum Gasteiger partial charge on any atom is -0.456 e. The Morgan fingerprint density at radius 1 is 0.590 bits per heavy atom. The van der Waals surface area contributed by atoms with Crippen LogP contribution < -0.4 is 9.47 Å². The molecule has 190 valence electrons. The van der Waals surface area contributed by atoms with Gasteiger partial charge in [-0.15, -0.1) is 0 Å². The highest BCUT2D eigenvalue weighted by molar-refractivity contribution is 9.11. The Kier molecular flexibility index (Phi) is 5.41. The van der Waals surface area contributed by atoms with E-state index < -0.39 is 5.41 Å². The number of rotatable bonds is 2. The van der Waals surface area contributed by atoms with Crippen LogP contribution in [0, 0.1) is 0 Å². The maximum Gasteiger partial charge on any atom is 0.231 e. The van der Waals surface area contributed by atoms with Crippen molar-refractivity contribution < 1.29 is 13.9 Å². The number of ether oxygens (including phenoxy) is 2. The van der Waals surface area contributed by atoms with Gasteiger partial charge in [-0.3, -0.25) is 0 Å². The van der Waals surface area contributed by atoms with Gasteiger partial charge in [-0.1, -0.05) is 88.0 Å². The van der Waals surface area contributed by atoms with Crippen molar-refractivity contribution in [1.29, 1.82) is 0 Å². The molecule has 1 aliphatic heterocycles. The molecule has 8 rings (SSSR count). The van der Waals surface area contributed by atoms with Gasteiger partial charge in [-0.2, -0.15) is 0 Å². The summed E-state index contributed by atoms with van der Waals surface area (Å²) in [7, 11) is 0. The number of hydrogen-bond donors (Lipinski definition) is 0. The Labute approximate surface area is 257 Å². The molecule has 0 bridgehead atoms. The normalized spacial score (nSPS) is 14.7. The van der Waals surface area contributed by atoms with E-state index in [4.69, 9.17) is 13.9 Å². The van der Waals surface area contributed by atoms with Crippen molar-refractivity contribution in [2.45, 2.75) is 5.41 Å². The maximum atomic E-state index is 6.36. The zero-order valence-corrected chi connectivity index (χ0v) is 26.4. The van der Waals surface area contributed by atoms with Crippen LogP contribution in [-0.4, -0.2) is 6.79 Å². The van der Waals surface area contributed by atoms with Crippen molar-refractivity contribution in [3.8, 4) is 22.6 Å². The molecule has 0 amide bonds. The van der Waals surface area contributed by atoms with Gasteiger partial charge in [-0.25, -0.2) is 0 Å². The Morgan fingerprint density at radius 2 is 1.21 bits per heavy atom. The van der Waals surface area contributed by atoms with Gasteiger partial charge in [0.25, 0.3) is 0 Å². The van der Waals surface area contributed by atoms with Crippen molar-refractivity contribution in [3.63, 3.8) is 0 Å². The summed E-state index contributed by atoms with van der Waals surface area (Å²) in [4.78, 5) is 0. The van der Waals surface area contributed by atoms with Crippen LogP contribution in [0.25, 0.3) is 33.1 Å². The topological polar surface area (TPSA) is 31.6 Å². The summed E-state index contributed by atoms with van der Waals surface area (Å²) in [6.07, 6.45) is 0. The Bertz CT molecular complexity index is 1920. The largest absolute Gasteiger partial charge is 0.456 e. The minimum atomic E-state index is -0.656. The van der Waals surface area contributed by atoms with E-state index >= 15 is 0 Å². The predicted octanol–water partition coefficient (Wildman–Crippen LogP) is 10.7. The average molecular weight is 768 g/mol. The van der Waals surface area contributed by atoms with E-state index in [-0.39, 0.29) is 6.79 Å². The van der Waals surface area contributed by atoms with Crippen LogP contribution in [-0.2, 0) is 5.41 Å². The molecule has 0 spiro atoms. The van der Waals surface area contributed by atoms with Crippen LogP contribution >= 0.6 is 63.7 Å². The molecule has 0 N–H and O–H groups in total. The lowest BCUT2D eigenvalue weighted by Gasteiger charge is -2.34. The summed E-state index contributed by atoms with van der Waals surface area (Å²) in [5, 5.41) is 2.20. The zero-order valence-electron chi connectivity index (χ0n) is 20.0. The quantitative estimate of drug-likeness (QED) is 0.176. The first-order chi connectivity index (χ1) is 18.9. The second-order valence-electron chi connectivity index (χ2n) is 9.78. The van der Waals surface area contributed by atoms with Crippen LogP contribution in [0.3, 0.4) is 0 Å². The lowest BCUT2D eigenvalue weighted by molar-refractivity contribution is 0.174. The van der Waals surface area contributed by atoms with Gasteiger partial charge in [0.05, 0.1) is 5.41 Å². The Morgan fingerprint density at radius 3 is 1.87 bits per heavy atom. The standard InChI is InChI=1S/C32H16Br4O3/c33-18-7-16(8-19(34)11-18)32(17-9-20(35)12-21(36)10-17)24-5-6-27-31(22-3-1-2-4-26(22)39-27)30(24)23-13-28-29(14-25(23)32)38-15-37-28/h1-14H,15H2. The van der Waals surface area contributed by atoms with Crippen LogP contribution in [0.1, 0.15) is 22.3 Å². The minimum absolute atomic E-state index is 0.210. The number of para-hydroxylation sites is 1. The van der Waals surface area contributed by atoms with Gasteiger partial charge in [0, 0.05) is 28.7 Å². The molecule has 2 aliphatic rings. The number of furan rings is 1. The number of halogens is 4. The summed E-state index contributed by atoms with van der Waals surface area (Å²) in [6.45, 7) is 0.210. The van der Waals surface area contributed by atoms with Crippen LogP contribution in [0.2, 0.25) is 0 Å². The lowest BCUT2D eigenvalue weighted by Crippen LogP contribution is -2.28. The fraction of sp³-hybridized carbons (Fsp3) is 0.0625. The first-order valence-electron chi connectivity index (χ1n) is 12.3. The van der Waals surface area contributed by atoms with Crippen LogP contribution in [0.4, 0.5) is 0 Å². The van der Waals surface area contributed by atoms with Crippen molar-refractivity contribution in [2.75, 3.05) is 6.79 Å². The second-order valence-corrected chi connectivity index (χ2v) is 13.4. The highest BCUT2D eigenvalue weighted by Crippen LogP contribution is 2.61. The average Bonchev–Trinajstić information content (AvgIpc) is 3.58. The molecular weight excluding hydrogens is 752 g/mol. The second kappa shape index (κ2) is 8.71. The molecule has 1 aromatic heterocycles.